The average molecular weight is 457 g/mol. The molecule has 2 N–H and O–H groups in total. The number of phenolic OH excluding ortho intramolecular Hbond substituents is 1. The van der Waals surface area contributed by atoms with Gasteiger partial charge in [0.25, 0.3) is 0 Å². The summed E-state index contributed by atoms with van der Waals surface area (Å²) < 4.78 is 5.56. The molecule has 1 atom stereocenters. The molecule has 2 rings (SSSR count). The third-order valence-corrected chi connectivity index (χ3v) is 6.16. The van der Waals surface area contributed by atoms with Crippen LogP contribution >= 0.6 is 0 Å². The molecule has 0 aliphatic carbocycles. The van der Waals surface area contributed by atoms with Crippen molar-refractivity contribution in [1.29, 1.82) is 0 Å². The highest BCUT2D eigenvalue weighted by molar-refractivity contribution is 5.86. The van der Waals surface area contributed by atoms with Crippen molar-refractivity contribution in [3.8, 4) is 5.75 Å². The van der Waals surface area contributed by atoms with Gasteiger partial charge in [-0.1, -0.05) is 70.4 Å². The van der Waals surface area contributed by atoms with Crippen molar-refractivity contribution in [1.82, 2.24) is 0 Å². The number of carbonyl (C=O) groups is 1. The van der Waals surface area contributed by atoms with Crippen LogP contribution in [0.4, 0.5) is 0 Å². The summed E-state index contributed by atoms with van der Waals surface area (Å²) in [6.07, 6.45) is 19.3. The summed E-state index contributed by atoms with van der Waals surface area (Å²) in [5.41, 5.74) is 0.374. The zero-order chi connectivity index (χ0) is 24.1. The number of carboxylic acids is 1. The van der Waals surface area contributed by atoms with Gasteiger partial charge in [-0.05, 0) is 56.7 Å². The number of fused-ring (bicyclic) bond motifs is 1. The minimum absolute atomic E-state index is 0.0954. The second-order valence-electron chi connectivity index (χ2n) is 9.04. The topological polar surface area (TPSA) is 87.7 Å². The zero-order valence-electron chi connectivity index (χ0n) is 20.3. The maximum atomic E-state index is 12.1. The lowest BCUT2D eigenvalue weighted by Crippen LogP contribution is -2.12. The number of aromatic hydroxyl groups is 1. The Labute approximate surface area is 197 Å². The van der Waals surface area contributed by atoms with Crippen LogP contribution in [-0.4, -0.2) is 16.2 Å². The minimum Gasteiger partial charge on any atom is -0.507 e. The third kappa shape index (κ3) is 9.07. The fourth-order valence-electron chi connectivity index (χ4n) is 4.29. The van der Waals surface area contributed by atoms with Gasteiger partial charge in [0.2, 0.25) is 0 Å². The van der Waals surface area contributed by atoms with E-state index in [-0.39, 0.29) is 22.1 Å². The van der Waals surface area contributed by atoms with E-state index in [2.05, 4.69) is 19.1 Å². The second kappa shape index (κ2) is 14.6. The normalized spacial score (nSPS) is 12.5. The molecule has 5 nitrogen and oxygen atoms in total. The van der Waals surface area contributed by atoms with Crippen LogP contribution in [0.2, 0.25) is 0 Å². The summed E-state index contributed by atoms with van der Waals surface area (Å²) in [6, 6.07) is 4.29. The largest absolute Gasteiger partial charge is 0.507 e. The fourth-order valence-corrected chi connectivity index (χ4v) is 4.29. The van der Waals surface area contributed by atoms with E-state index in [1.54, 1.807) is 13.0 Å². The molecular weight excluding hydrogens is 416 g/mol. The Bertz CT molecular complexity index is 957. The van der Waals surface area contributed by atoms with Gasteiger partial charge >= 0.3 is 5.97 Å². The molecule has 0 aliphatic rings. The highest BCUT2D eigenvalue weighted by Crippen LogP contribution is 2.31. The molecular formula is C28H40O5. The quantitative estimate of drug-likeness (QED) is 0.200. The van der Waals surface area contributed by atoms with Gasteiger partial charge in [-0.25, -0.2) is 0 Å². The average Bonchev–Trinajstić information content (AvgIpc) is 2.75. The van der Waals surface area contributed by atoms with Crippen molar-refractivity contribution in [3.05, 3.63) is 51.9 Å². The SMILES string of the molecule is CCCCCCCCC=CCCCCCCC(C(=O)O)c1cc(O)c2c(=O)cc(C)oc2c1. The van der Waals surface area contributed by atoms with Crippen LogP contribution in [0, 0.1) is 6.92 Å². The van der Waals surface area contributed by atoms with Crippen LogP contribution in [0.1, 0.15) is 108 Å². The number of allylic oxidation sites excluding steroid dienone is 2. The standard InChI is InChI=1S/C28H40O5/c1-3-4-5-6-7-8-9-10-11-12-13-14-15-16-17-23(28(31)32)22-19-25(30)27-24(29)18-21(2)33-26(27)20-22/h10-11,18-20,23,30H,3-9,12-17H2,1-2H3,(H,31,32). The van der Waals surface area contributed by atoms with Crippen LogP contribution in [0.3, 0.4) is 0 Å². The van der Waals surface area contributed by atoms with E-state index in [4.69, 9.17) is 4.42 Å². The van der Waals surface area contributed by atoms with E-state index in [0.29, 0.717) is 17.7 Å². The Hall–Kier alpha value is -2.56. The van der Waals surface area contributed by atoms with Crippen LogP contribution in [-0.2, 0) is 4.79 Å². The number of benzene rings is 1. The first-order chi connectivity index (χ1) is 15.9. The Morgan fingerprint density at radius 3 is 2.18 bits per heavy atom. The molecule has 0 saturated carbocycles. The lowest BCUT2D eigenvalue weighted by Gasteiger charge is -2.14. The van der Waals surface area contributed by atoms with E-state index in [0.717, 1.165) is 32.1 Å². The minimum atomic E-state index is -0.929. The molecule has 33 heavy (non-hydrogen) atoms. The fraction of sp³-hybridized carbons (Fsp3) is 0.571. The van der Waals surface area contributed by atoms with E-state index in [1.165, 1.54) is 57.1 Å². The number of unbranched alkanes of at least 4 members (excludes halogenated alkanes) is 10. The lowest BCUT2D eigenvalue weighted by molar-refractivity contribution is -0.139. The van der Waals surface area contributed by atoms with E-state index < -0.39 is 11.9 Å². The zero-order valence-corrected chi connectivity index (χ0v) is 20.3. The summed E-state index contributed by atoms with van der Waals surface area (Å²) >= 11 is 0. The maximum absolute atomic E-state index is 12.1. The van der Waals surface area contributed by atoms with Gasteiger partial charge in [-0.15, -0.1) is 0 Å². The van der Waals surface area contributed by atoms with Gasteiger partial charge in [-0.2, -0.15) is 0 Å². The molecule has 0 spiro atoms. The van der Waals surface area contributed by atoms with E-state index >= 15 is 0 Å². The van der Waals surface area contributed by atoms with Crippen molar-refractivity contribution in [2.75, 3.05) is 0 Å². The van der Waals surface area contributed by atoms with Gasteiger partial charge in [0.05, 0.1) is 5.92 Å². The first kappa shape index (κ1) is 26.7. The molecule has 0 fully saturated rings. The summed E-state index contributed by atoms with van der Waals surface area (Å²) in [6.45, 7) is 3.90. The molecule has 1 aromatic heterocycles. The third-order valence-electron chi connectivity index (χ3n) is 6.16. The van der Waals surface area contributed by atoms with Crippen molar-refractivity contribution >= 4 is 16.9 Å². The van der Waals surface area contributed by atoms with Crippen molar-refractivity contribution < 1.29 is 19.4 Å². The van der Waals surface area contributed by atoms with Gasteiger partial charge in [0.1, 0.15) is 22.5 Å². The Kier molecular flexibility index (Phi) is 11.8. The number of phenols is 1. The molecule has 5 heteroatoms. The molecule has 0 aliphatic heterocycles. The molecule has 1 unspecified atom stereocenters. The van der Waals surface area contributed by atoms with Crippen molar-refractivity contribution in [2.24, 2.45) is 0 Å². The van der Waals surface area contributed by atoms with Gasteiger partial charge in [0.15, 0.2) is 5.43 Å². The first-order valence-electron chi connectivity index (χ1n) is 12.6. The van der Waals surface area contributed by atoms with Crippen LogP contribution in [0.25, 0.3) is 11.0 Å². The lowest BCUT2D eigenvalue weighted by atomic mass is 9.92. The Morgan fingerprint density at radius 2 is 1.55 bits per heavy atom. The molecule has 0 radical (unpaired) electrons. The van der Waals surface area contributed by atoms with Gasteiger partial charge < -0.3 is 14.6 Å². The van der Waals surface area contributed by atoms with Crippen LogP contribution in [0.15, 0.2) is 39.6 Å². The number of carboxylic acid groups (broad SMARTS) is 1. The number of hydrogen-bond acceptors (Lipinski definition) is 4. The van der Waals surface area contributed by atoms with Crippen LogP contribution < -0.4 is 5.43 Å². The first-order valence-corrected chi connectivity index (χ1v) is 12.6. The smallest absolute Gasteiger partial charge is 0.310 e. The molecule has 0 saturated heterocycles. The number of hydrogen-bond donors (Lipinski definition) is 2. The summed E-state index contributed by atoms with van der Waals surface area (Å²) in [5.74, 6) is -1.46. The highest BCUT2D eigenvalue weighted by Gasteiger charge is 2.22. The predicted molar refractivity (Wildman–Crippen MR) is 134 cm³/mol. The molecule has 0 amide bonds. The van der Waals surface area contributed by atoms with Gasteiger partial charge in [-0.3, -0.25) is 9.59 Å². The van der Waals surface area contributed by atoms with E-state index in [1.807, 2.05) is 0 Å². The summed E-state index contributed by atoms with van der Waals surface area (Å²) in [5, 5.41) is 20.1. The monoisotopic (exact) mass is 456 g/mol. The Balaban J connectivity index is 1.73. The van der Waals surface area contributed by atoms with E-state index in [9.17, 15) is 19.8 Å². The summed E-state index contributed by atoms with van der Waals surface area (Å²) in [4.78, 5) is 24.0. The second-order valence-corrected chi connectivity index (χ2v) is 9.04. The van der Waals surface area contributed by atoms with Crippen molar-refractivity contribution in [2.45, 2.75) is 103 Å². The number of aryl methyl sites for hydroxylation is 1. The van der Waals surface area contributed by atoms with Crippen LogP contribution in [0.5, 0.6) is 5.75 Å². The molecule has 182 valence electrons. The number of aliphatic carboxylic acids is 1. The van der Waals surface area contributed by atoms with Gasteiger partial charge in [0, 0.05) is 6.07 Å². The maximum Gasteiger partial charge on any atom is 0.310 e. The molecule has 1 aromatic carbocycles. The molecule has 0 bridgehead atoms. The highest BCUT2D eigenvalue weighted by atomic mass is 16.4. The molecule has 1 heterocycles. The number of rotatable bonds is 16. The Morgan fingerprint density at radius 1 is 0.939 bits per heavy atom. The summed E-state index contributed by atoms with van der Waals surface area (Å²) in [7, 11) is 0. The predicted octanol–water partition coefficient (Wildman–Crippen LogP) is 7.62. The molecule has 2 aromatic rings. The van der Waals surface area contributed by atoms with Crippen molar-refractivity contribution in [3.63, 3.8) is 0 Å².